The molecule has 3 rings (SSSR count). The fourth-order valence-electron chi connectivity index (χ4n) is 3.89. The van der Waals surface area contributed by atoms with Crippen LogP contribution in [0, 0.1) is 0 Å². The molecule has 0 saturated carbocycles. The van der Waals surface area contributed by atoms with E-state index in [9.17, 15) is 0 Å². The van der Waals surface area contributed by atoms with Crippen LogP contribution >= 0.6 is 0 Å². The molecule has 2 aromatic rings. The van der Waals surface area contributed by atoms with Crippen LogP contribution in [-0.2, 0) is 18.2 Å². The molecule has 1 aliphatic heterocycles. The van der Waals surface area contributed by atoms with Gasteiger partial charge in [-0.15, -0.1) is 0 Å². The molecule has 0 aliphatic carbocycles. The number of aromatic nitrogens is 3. The summed E-state index contributed by atoms with van der Waals surface area (Å²) in [6.45, 7) is 10.1. The maximum Gasteiger partial charge on any atom is 0.0911 e. The molecule has 2 aromatic heterocycles. The summed E-state index contributed by atoms with van der Waals surface area (Å²) < 4.78 is 8.14. The molecule has 6 heteroatoms. The number of nitrogens with zero attached hydrogens (tertiary/aromatic N) is 4. The number of hydrogen-bond donors (Lipinski definition) is 1. The van der Waals surface area contributed by atoms with Crippen molar-refractivity contribution < 1.29 is 4.74 Å². The lowest BCUT2D eigenvalue weighted by Gasteiger charge is -2.41. The van der Waals surface area contributed by atoms with Crippen molar-refractivity contribution in [2.24, 2.45) is 7.05 Å². The van der Waals surface area contributed by atoms with Crippen LogP contribution in [0.15, 0.2) is 30.6 Å². The molecule has 1 unspecified atom stereocenters. The summed E-state index contributed by atoms with van der Waals surface area (Å²) in [7, 11) is 2.01. The monoisotopic (exact) mass is 357 g/mol. The largest absolute Gasteiger partial charge is 0.374 e. The predicted molar refractivity (Wildman–Crippen MR) is 103 cm³/mol. The minimum Gasteiger partial charge on any atom is -0.374 e. The van der Waals surface area contributed by atoms with E-state index in [1.807, 2.05) is 30.2 Å². The normalized spacial score (nSPS) is 22.5. The van der Waals surface area contributed by atoms with Gasteiger partial charge in [-0.3, -0.25) is 14.6 Å². The molecule has 0 spiro atoms. The summed E-state index contributed by atoms with van der Waals surface area (Å²) in [4.78, 5) is 7.08. The van der Waals surface area contributed by atoms with Crippen LogP contribution in [0.4, 0.5) is 0 Å². The summed E-state index contributed by atoms with van der Waals surface area (Å²) in [6.07, 6.45) is 4.83. The van der Waals surface area contributed by atoms with Crippen molar-refractivity contribution in [3.05, 3.63) is 47.5 Å². The Kier molecular flexibility index (Phi) is 6.40. The molecule has 3 heterocycles. The van der Waals surface area contributed by atoms with E-state index in [2.05, 4.69) is 53.2 Å². The van der Waals surface area contributed by atoms with Gasteiger partial charge in [-0.05, 0) is 37.6 Å². The molecule has 142 valence electrons. The lowest BCUT2D eigenvalue weighted by Crippen LogP contribution is -2.49. The Balaban J connectivity index is 1.73. The second-order valence-corrected chi connectivity index (χ2v) is 6.89. The SMILES string of the molecule is CCc1cccnc1C(C)NC[C@@H]1OCCN(CC)[C@H]1c1ccnn1C. The lowest BCUT2D eigenvalue weighted by molar-refractivity contribution is -0.0725. The fourth-order valence-corrected chi connectivity index (χ4v) is 3.89. The molecule has 6 nitrogen and oxygen atoms in total. The van der Waals surface area contributed by atoms with E-state index >= 15 is 0 Å². The molecular formula is C20H31N5O. The number of likely N-dealkylation sites (N-methyl/N-ethyl adjacent to an activating group) is 1. The number of rotatable bonds is 7. The van der Waals surface area contributed by atoms with E-state index in [0.717, 1.165) is 38.4 Å². The highest BCUT2D eigenvalue weighted by molar-refractivity contribution is 5.22. The number of aryl methyl sites for hydroxylation is 2. The van der Waals surface area contributed by atoms with E-state index in [1.165, 1.54) is 11.3 Å². The van der Waals surface area contributed by atoms with Gasteiger partial charge in [-0.1, -0.05) is 19.9 Å². The van der Waals surface area contributed by atoms with E-state index < -0.39 is 0 Å². The molecule has 26 heavy (non-hydrogen) atoms. The number of ether oxygens (including phenoxy) is 1. The van der Waals surface area contributed by atoms with Crippen LogP contribution in [0.1, 0.15) is 49.8 Å². The third-order valence-corrected chi connectivity index (χ3v) is 5.37. The van der Waals surface area contributed by atoms with Crippen LogP contribution in [0.2, 0.25) is 0 Å². The molecule has 0 radical (unpaired) electrons. The molecule has 1 N–H and O–H groups in total. The van der Waals surface area contributed by atoms with Crippen LogP contribution in [0.5, 0.6) is 0 Å². The smallest absolute Gasteiger partial charge is 0.0911 e. The second-order valence-electron chi connectivity index (χ2n) is 6.89. The Morgan fingerprint density at radius 3 is 2.85 bits per heavy atom. The average molecular weight is 358 g/mol. The zero-order chi connectivity index (χ0) is 18.5. The highest BCUT2D eigenvalue weighted by Crippen LogP contribution is 2.29. The van der Waals surface area contributed by atoms with E-state index in [1.54, 1.807) is 0 Å². The van der Waals surface area contributed by atoms with Crippen molar-refractivity contribution >= 4 is 0 Å². The van der Waals surface area contributed by atoms with Crippen molar-refractivity contribution in [1.29, 1.82) is 0 Å². The van der Waals surface area contributed by atoms with E-state index in [0.29, 0.717) is 0 Å². The summed E-state index contributed by atoms with van der Waals surface area (Å²) in [5.74, 6) is 0. The van der Waals surface area contributed by atoms with Gasteiger partial charge in [-0.25, -0.2) is 0 Å². The molecule has 1 saturated heterocycles. The predicted octanol–water partition coefficient (Wildman–Crippen LogP) is 2.49. The summed E-state index contributed by atoms with van der Waals surface area (Å²) >= 11 is 0. The molecule has 1 fully saturated rings. The highest BCUT2D eigenvalue weighted by atomic mass is 16.5. The third kappa shape index (κ3) is 3.98. The minimum atomic E-state index is 0.0929. The van der Waals surface area contributed by atoms with Crippen LogP contribution in [0.3, 0.4) is 0 Å². The van der Waals surface area contributed by atoms with Gasteiger partial charge in [0.1, 0.15) is 0 Å². The fraction of sp³-hybridized carbons (Fsp3) is 0.600. The Labute approximate surface area is 156 Å². The van der Waals surface area contributed by atoms with Crippen molar-refractivity contribution in [2.75, 3.05) is 26.2 Å². The molecule has 0 aromatic carbocycles. The van der Waals surface area contributed by atoms with Gasteiger partial charge in [0.2, 0.25) is 0 Å². The number of hydrogen-bond acceptors (Lipinski definition) is 5. The van der Waals surface area contributed by atoms with Crippen molar-refractivity contribution in [2.45, 2.75) is 45.4 Å². The lowest BCUT2D eigenvalue weighted by atomic mass is 10.0. The molecule has 0 amide bonds. The first-order valence-corrected chi connectivity index (χ1v) is 9.66. The average Bonchev–Trinajstić information content (AvgIpc) is 3.11. The summed E-state index contributed by atoms with van der Waals surface area (Å²) in [6, 6.07) is 6.69. The van der Waals surface area contributed by atoms with Gasteiger partial charge in [0.15, 0.2) is 0 Å². The van der Waals surface area contributed by atoms with Gasteiger partial charge < -0.3 is 10.1 Å². The molecule has 3 atom stereocenters. The first kappa shape index (κ1) is 19.0. The molecule has 1 aliphatic rings. The number of nitrogens with one attached hydrogen (secondary N) is 1. The standard InChI is InChI=1S/C20H31N5O/c1-5-16-8-7-10-21-19(16)15(3)22-14-18-20(17-9-11-23-24(17)4)25(6-2)12-13-26-18/h7-11,15,18,20,22H,5-6,12-14H2,1-4H3/t15?,18-,20-/m0/s1. The van der Waals surface area contributed by atoms with Gasteiger partial charge >= 0.3 is 0 Å². The van der Waals surface area contributed by atoms with Crippen molar-refractivity contribution in [3.63, 3.8) is 0 Å². The molecular weight excluding hydrogens is 326 g/mol. The topological polar surface area (TPSA) is 55.2 Å². The van der Waals surface area contributed by atoms with Crippen LogP contribution < -0.4 is 5.32 Å². The van der Waals surface area contributed by atoms with Crippen LogP contribution in [-0.4, -0.2) is 52.0 Å². The third-order valence-electron chi connectivity index (χ3n) is 5.37. The summed E-state index contributed by atoms with van der Waals surface area (Å²) in [5, 5.41) is 8.02. The van der Waals surface area contributed by atoms with Crippen molar-refractivity contribution in [3.8, 4) is 0 Å². The van der Waals surface area contributed by atoms with Crippen molar-refractivity contribution in [1.82, 2.24) is 25.0 Å². The van der Waals surface area contributed by atoms with Crippen LogP contribution in [0.25, 0.3) is 0 Å². The first-order chi connectivity index (χ1) is 12.7. The zero-order valence-corrected chi connectivity index (χ0v) is 16.4. The second kappa shape index (κ2) is 8.75. The Morgan fingerprint density at radius 1 is 1.31 bits per heavy atom. The van der Waals surface area contributed by atoms with Gasteiger partial charge in [-0.2, -0.15) is 5.10 Å². The Morgan fingerprint density at radius 2 is 2.15 bits per heavy atom. The Bertz CT molecular complexity index is 701. The van der Waals surface area contributed by atoms with E-state index in [4.69, 9.17) is 4.74 Å². The number of pyridine rings is 1. The quantitative estimate of drug-likeness (QED) is 0.825. The highest BCUT2D eigenvalue weighted by Gasteiger charge is 2.34. The number of morpholine rings is 1. The van der Waals surface area contributed by atoms with E-state index in [-0.39, 0.29) is 18.2 Å². The summed E-state index contributed by atoms with van der Waals surface area (Å²) in [5.41, 5.74) is 3.64. The van der Waals surface area contributed by atoms with Gasteiger partial charge in [0.25, 0.3) is 0 Å². The first-order valence-electron chi connectivity index (χ1n) is 9.66. The van der Waals surface area contributed by atoms with Gasteiger partial charge in [0.05, 0.1) is 30.1 Å². The minimum absolute atomic E-state index is 0.0929. The molecule has 0 bridgehead atoms. The zero-order valence-electron chi connectivity index (χ0n) is 16.4. The maximum atomic E-state index is 6.18. The maximum absolute atomic E-state index is 6.18. The Hall–Kier alpha value is -1.76. The van der Waals surface area contributed by atoms with Gasteiger partial charge in [0, 0.05) is 38.6 Å².